The molecule has 2 N–H and O–H groups in total. The van der Waals surface area contributed by atoms with Crippen molar-refractivity contribution in [3.63, 3.8) is 0 Å². The van der Waals surface area contributed by atoms with Gasteiger partial charge in [-0.2, -0.15) is 0 Å². The second-order valence-electron chi connectivity index (χ2n) is 5.18. The van der Waals surface area contributed by atoms with Crippen LogP contribution in [0.1, 0.15) is 27.7 Å². The van der Waals surface area contributed by atoms with Crippen LogP contribution in [0.15, 0.2) is 24.3 Å². The van der Waals surface area contributed by atoms with Gasteiger partial charge in [0.25, 0.3) is 5.91 Å². The minimum atomic E-state index is -0.170. The number of hydrogen-bond donors (Lipinski definition) is 2. The van der Waals surface area contributed by atoms with Crippen molar-refractivity contribution in [1.82, 2.24) is 5.32 Å². The molecular weight excluding hydrogens is 256 g/mol. The molecule has 1 rings (SSSR count). The van der Waals surface area contributed by atoms with Crippen LogP contribution in [0.2, 0.25) is 0 Å². The lowest BCUT2D eigenvalue weighted by atomic mass is 10.2. The first-order chi connectivity index (χ1) is 9.38. The maximum atomic E-state index is 11.6. The summed E-state index contributed by atoms with van der Waals surface area (Å²) >= 11 is 0. The van der Waals surface area contributed by atoms with E-state index < -0.39 is 0 Å². The molecule has 0 aliphatic rings. The Kier molecular flexibility index (Phi) is 6.03. The van der Waals surface area contributed by atoms with Crippen LogP contribution in [-0.4, -0.2) is 24.5 Å². The van der Waals surface area contributed by atoms with Gasteiger partial charge in [0.2, 0.25) is 5.91 Å². The van der Waals surface area contributed by atoms with Crippen LogP contribution < -0.4 is 15.4 Å². The first-order valence-corrected chi connectivity index (χ1v) is 6.71. The minimum Gasteiger partial charge on any atom is -0.484 e. The Balaban J connectivity index is 2.55. The van der Waals surface area contributed by atoms with E-state index in [2.05, 4.69) is 10.6 Å². The zero-order valence-corrected chi connectivity index (χ0v) is 12.4. The second kappa shape index (κ2) is 7.53. The van der Waals surface area contributed by atoms with E-state index in [1.807, 2.05) is 27.7 Å². The van der Waals surface area contributed by atoms with Gasteiger partial charge in [0, 0.05) is 23.7 Å². The van der Waals surface area contributed by atoms with E-state index in [-0.39, 0.29) is 30.4 Å². The molecule has 5 heteroatoms. The standard InChI is InChI=1S/C15H22N2O3/c1-10(2)15(19)17-12-6-5-7-13(8-12)20-9-14(18)16-11(3)4/h5-8,10-11H,9H2,1-4H3,(H,16,18)(H,17,19). The third-order valence-electron chi connectivity index (χ3n) is 2.45. The number of ether oxygens (including phenoxy) is 1. The average Bonchev–Trinajstić information content (AvgIpc) is 2.36. The molecule has 0 aliphatic carbocycles. The lowest BCUT2D eigenvalue weighted by molar-refractivity contribution is -0.123. The summed E-state index contributed by atoms with van der Waals surface area (Å²) in [5, 5.41) is 5.52. The maximum absolute atomic E-state index is 11.6. The largest absolute Gasteiger partial charge is 0.484 e. The number of rotatable bonds is 6. The van der Waals surface area contributed by atoms with E-state index in [1.165, 1.54) is 0 Å². The lowest BCUT2D eigenvalue weighted by Gasteiger charge is -2.11. The number of nitrogens with one attached hydrogen (secondary N) is 2. The molecule has 5 nitrogen and oxygen atoms in total. The van der Waals surface area contributed by atoms with Gasteiger partial charge in [0.1, 0.15) is 5.75 Å². The summed E-state index contributed by atoms with van der Waals surface area (Å²) in [5.41, 5.74) is 0.658. The molecule has 0 saturated carbocycles. The number of anilines is 1. The molecule has 110 valence electrons. The molecule has 0 unspecified atom stereocenters. The summed E-state index contributed by atoms with van der Waals surface area (Å²) < 4.78 is 5.39. The zero-order valence-electron chi connectivity index (χ0n) is 12.4. The molecule has 20 heavy (non-hydrogen) atoms. The van der Waals surface area contributed by atoms with Crippen LogP contribution in [0.3, 0.4) is 0 Å². The molecule has 0 aromatic heterocycles. The fourth-order valence-corrected chi connectivity index (χ4v) is 1.46. The fourth-order valence-electron chi connectivity index (χ4n) is 1.46. The topological polar surface area (TPSA) is 67.4 Å². The number of amides is 2. The predicted octanol–water partition coefficient (Wildman–Crippen LogP) is 2.18. The van der Waals surface area contributed by atoms with Gasteiger partial charge >= 0.3 is 0 Å². The van der Waals surface area contributed by atoms with Crippen molar-refractivity contribution in [2.75, 3.05) is 11.9 Å². The van der Waals surface area contributed by atoms with Crippen LogP contribution in [0.4, 0.5) is 5.69 Å². The summed E-state index contributed by atoms with van der Waals surface area (Å²) in [4.78, 5) is 23.1. The second-order valence-corrected chi connectivity index (χ2v) is 5.18. The van der Waals surface area contributed by atoms with Gasteiger partial charge in [-0.1, -0.05) is 19.9 Å². The van der Waals surface area contributed by atoms with Crippen molar-refractivity contribution in [1.29, 1.82) is 0 Å². The van der Waals surface area contributed by atoms with Crippen LogP contribution in [0.5, 0.6) is 5.75 Å². The Morgan fingerprint density at radius 2 is 1.90 bits per heavy atom. The molecule has 0 radical (unpaired) electrons. The van der Waals surface area contributed by atoms with Gasteiger partial charge in [0.05, 0.1) is 0 Å². The van der Waals surface area contributed by atoms with Crippen LogP contribution in [0, 0.1) is 5.92 Å². The highest BCUT2D eigenvalue weighted by atomic mass is 16.5. The van der Waals surface area contributed by atoms with Gasteiger partial charge in [-0.05, 0) is 26.0 Å². The van der Waals surface area contributed by atoms with Crippen LogP contribution >= 0.6 is 0 Å². The quantitative estimate of drug-likeness (QED) is 0.838. The molecule has 0 aliphatic heterocycles. The molecule has 1 aromatic rings. The Bertz CT molecular complexity index is 470. The Labute approximate surface area is 119 Å². The number of benzene rings is 1. The van der Waals surface area contributed by atoms with Crippen molar-refractivity contribution in [2.24, 2.45) is 5.92 Å². The molecule has 0 atom stereocenters. The molecule has 0 fully saturated rings. The van der Waals surface area contributed by atoms with Crippen molar-refractivity contribution in [2.45, 2.75) is 33.7 Å². The zero-order chi connectivity index (χ0) is 15.1. The predicted molar refractivity (Wildman–Crippen MR) is 78.7 cm³/mol. The number of carbonyl (C=O) groups excluding carboxylic acids is 2. The fraction of sp³-hybridized carbons (Fsp3) is 0.467. The third-order valence-corrected chi connectivity index (χ3v) is 2.45. The van der Waals surface area contributed by atoms with E-state index in [0.29, 0.717) is 11.4 Å². The molecule has 2 amide bonds. The minimum absolute atomic E-state index is 0.0419. The summed E-state index contributed by atoms with van der Waals surface area (Å²) in [6.45, 7) is 7.39. The van der Waals surface area contributed by atoms with Gasteiger partial charge in [-0.3, -0.25) is 9.59 Å². The molecule has 0 heterocycles. The van der Waals surface area contributed by atoms with Crippen molar-refractivity contribution >= 4 is 17.5 Å². The lowest BCUT2D eigenvalue weighted by Crippen LogP contribution is -2.34. The SMILES string of the molecule is CC(C)NC(=O)COc1cccc(NC(=O)C(C)C)c1. The normalized spacial score (nSPS) is 10.5. The summed E-state index contributed by atoms with van der Waals surface area (Å²) in [6.07, 6.45) is 0. The number of hydrogen-bond acceptors (Lipinski definition) is 3. The Hall–Kier alpha value is -2.04. The van der Waals surface area contributed by atoms with E-state index in [9.17, 15) is 9.59 Å². The molecular formula is C15H22N2O3. The average molecular weight is 278 g/mol. The molecule has 1 aromatic carbocycles. The Morgan fingerprint density at radius 1 is 1.20 bits per heavy atom. The van der Waals surface area contributed by atoms with Gasteiger partial charge < -0.3 is 15.4 Å². The number of carbonyl (C=O) groups is 2. The first kappa shape index (κ1) is 16.0. The molecule has 0 bridgehead atoms. The van der Waals surface area contributed by atoms with E-state index in [4.69, 9.17) is 4.74 Å². The van der Waals surface area contributed by atoms with Gasteiger partial charge in [-0.15, -0.1) is 0 Å². The molecule has 0 spiro atoms. The first-order valence-electron chi connectivity index (χ1n) is 6.71. The van der Waals surface area contributed by atoms with E-state index >= 15 is 0 Å². The van der Waals surface area contributed by atoms with E-state index in [0.717, 1.165) is 0 Å². The third kappa shape index (κ3) is 5.73. The summed E-state index contributed by atoms with van der Waals surface area (Å²) in [6, 6.07) is 7.08. The monoisotopic (exact) mass is 278 g/mol. The van der Waals surface area contributed by atoms with Crippen LogP contribution in [0.25, 0.3) is 0 Å². The highest BCUT2D eigenvalue weighted by Gasteiger charge is 2.08. The van der Waals surface area contributed by atoms with Crippen molar-refractivity contribution < 1.29 is 14.3 Å². The van der Waals surface area contributed by atoms with Crippen molar-refractivity contribution in [3.8, 4) is 5.75 Å². The van der Waals surface area contributed by atoms with Crippen molar-refractivity contribution in [3.05, 3.63) is 24.3 Å². The highest BCUT2D eigenvalue weighted by molar-refractivity contribution is 5.92. The summed E-state index contributed by atoms with van der Waals surface area (Å²) in [5.74, 6) is 0.234. The van der Waals surface area contributed by atoms with Gasteiger partial charge in [0.15, 0.2) is 6.61 Å². The van der Waals surface area contributed by atoms with E-state index in [1.54, 1.807) is 24.3 Å². The summed E-state index contributed by atoms with van der Waals surface area (Å²) in [7, 11) is 0. The maximum Gasteiger partial charge on any atom is 0.258 e. The highest BCUT2D eigenvalue weighted by Crippen LogP contribution is 2.17. The molecule has 0 saturated heterocycles. The van der Waals surface area contributed by atoms with Gasteiger partial charge in [-0.25, -0.2) is 0 Å². The Morgan fingerprint density at radius 3 is 2.50 bits per heavy atom. The smallest absolute Gasteiger partial charge is 0.258 e. The van der Waals surface area contributed by atoms with Crippen LogP contribution in [-0.2, 0) is 9.59 Å².